The third-order valence-corrected chi connectivity index (χ3v) is 3.86. The molecule has 1 saturated carbocycles. The number of halogens is 1. The number of hydrogen-bond acceptors (Lipinski definition) is 2. The summed E-state index contributed by atoms with van der Waals surface area (Å²) < 4.78 is 0. The molecule has 0 aromatic rings. The van der Waals surface area contributed by atoms with Gasteiger partial charge in [-0.1, -0.05) is 26.2 Å². The van der Waals surface area contributed by atoms with E-state index in [0.29, 0.717) is 0 Å². The number of amides is 1. The number of unbranched alkanes of at least 4 members (excludes halogenated alkanes) is 1. The molecule has 0 aromatic carbocycles. The highest BCUT2D eigenvalue weighted by Crippen LogP contribution is 2.31. The summed E-state index contributed by atoms with van der Waals surface area (Å²) in [5.41, 5.74) is 0. The molecule has 1 amide bonds. The average Bonchev–Trinajstić information content (AvgIpc) is 2.37. The van der Waals surface area contributed by atoms with E-state index >= 15 is 0 Å². The van der Waals surface area contributed by atoms with Gasteiger partial charge in [-0.05, 0) is 38.6 Å². The fourth-order valence-electron chi connectivity index (χ4n) is 2.66. The van der Waals surface area contributed by atoms with Gasteiger partial charge in [0, 0.05) is 19.0 Å². The second-order valence-corrected chi connectivity index (χ2v) is 5.25. The first-order valence-electron chi connectivity index (χ1n) is 7.20. The predicted molar refractivity (Wildman–Crippen MR) is 79.2 cm³/mol. The van der Waals surface area contributed by atoms with Crippen LogP contribution in [0.4, 0.5) is 0 Å². The first-order chi connectivity index (χ1) is 8.27. The van der Waals surface area contributed by atoms with Gasteiger partial charge in [0.2, 0.25) is 5.91 Å². The van der Waals surface area contributed by atoms with Gasteiger partial charge < -0.3 is 10.6 Å². The first kappa shape index (κ1) is 17.7. The van der Waals surface area contributed by atoms with E-state index in [1.165, 1.54) is 32.1 Å². The highest BCUT2D eigenvalue weighted by atomic mass is 35.5. The molecule has 2 N–H and O–H groups in total. The number of rotatable bonds is 7. The van der Waals surface area contributed by atoms with Crippen molar-refractivity contribution < 1.29 is 4.79 Å². The smallest absolute Gasteiger partial charge is 0.223 e. The van der Waals surface area contributed by atoms with Crippen LogP contribution in [0.25, 0.3) is 0 Å². The van der Waals surface area contributed by atoms with E-state index in [2.05, 4.69) is 17.6 Å². The Hall–Kier alpha value is -0.280. The zero-order valence-corrected chi connectivity index (χ0v) is 12.7. The lowest BCUT2D eigenvalue weighted by Gasteiger charge is -2.27. The van der Waals surface area contributed by atoms with Gasteiger partial charge in [-0.25, -0.2) is 0 Å². The van der Waals surface area contributed by atoms with Gasteiger partial charge in [-0.15, -0.1) is 12.4 Å². The van der Waals surface area contributed by atoms with Gasteiger partial charge in [-0.3, -0.25) is 4.79 Å². The Morgan fingerprint density at radius 1 is 1.17 bits per heavy atom. The second kappa shape index (κ2) is 10.6. The zero-order chi connectivity index (χ0) is 12.5. The van der Waals surface area contributed by atoms with Crippen LogP contribution in [0, 0.1) is 11.8 Å². The molecule has 1 fully saturated rings. The Labute approximate surface area is 118 Å². The monoisotopic (exact) mass is 276 g/mol. The van der Waals surface area contributed by atoms with Crippen LogP contribution in [0.15, 0.2) is 0 Å². The highest BCUT2D eigenvalue weighted by Gasteiger charge is 2.25. The van der Waals surface area contributed by atoms with E-state index < -0.39 is 0 Å². The Balaban J connectivity index is 0.00000289. The van der Waals surface area contributed by atoms with Crippen molar-refractivity contribution in [3.63, 3.8) is 0 Å². The molecule has 4 heteroatoms. The van der Waals surface area contributed by atoms with Crippen molar-refractivity contribution in [3.8, 4) is 0 Å². The standard InChI is InChI=1S/C14H28N2O.ClH/c1-3-4-5-12-6-8-13(9-7-12)14(17)16-11-10-15-2;/h12-13,15H,3-11H2,1-2H3,(H,16,17);1H. The maximum absolute atomic E-state index is 11.9. The molecule has 0 unspecified atom stereocenters. The second-order valence-electron chi connectivity index (χ2n) is 5.25. The largest absolute Gasteiger partial charge is 0.355 e. The van der Waals surface area contributed by atoms with Crippen molar-refractivity contribution in [2.24, 2.45) is 11.8 Å². The molecule has 0 atom stereocenters. The molecule has 0 bridgehead atoms. The van der Waals surface area contributed by atoms with Crippen molar-refractivity contribution in [3.05, 3.63) is 0 Å². The molecular formula is C14H29ClN2O. The number of nitrogens with one attached hydrogen (secondary N) is 2. The summed E-state index contributed by atoms with van der Waals surface area (Å²) in [6.07, 6.45) is 8.71. The molecule has 3 nitrogen and oxygen atoms in total. The van der Waals surface area contributed by atoms with E-state index in [0.717, 1.165) is 31.8 Å². The minimum Gasteiger partial charge on any atom is -0.355 e. The molecule has 1 aliphatic rings. The fourth-order valence-corrected chi connectivity index (χ4v) is 2.66. The summed E-state index contributed by atoms with van der Waals surface area (Å²) in [4.78, 5) is 11.9. The van der Waals surface area contributed by atoms with Gasteiger partial charge >= 0.3 is 0 Å². The van der Waals surface area contributed by atoms with Crippen molar-refractivity contribution in [2.75, 3.05) is 20.1 Å². The van der Waals surface area contributed by atoms with E-state index in [1.54, 1.807) is 0 Å². The Morgan fingerprint density at radius 3 is 2.39 bits per heavy atom. The molecule has 18 heavy (non-hydrogen) atoms. The summed E-state index contributed by atoms with van der Waals surface area (Å²) in [6.45, 7) is 3.86. The topological polar surface area (TPSA) is 41.1 Å². The highest BCUT2D eigenvalue weighted by molar-refractivity contribution is 5.85. The van der Waals surface area contributed by atoms with Gasteiger partial charge in [0.05, 0.1) is 0 Å². The molecule has 1 rings (SSSR count). The third kappa shape index (κ3) is 6.60. The predicted octanol–water partition coefficient (Wildman–Crippen LogP) is 2.74. The number of hydrogen-bond donors (Lipinski definition) is 2. The lowest BCUT2D eigenvalue weighted by atomic mass is 9.79. The van der Waals surface area contributed by atoms with E-state index in [4.69, 9.17) is 0 Å². The molecule has 0 heterocycles. The molecule has 0 aromatic heterocycles. The summed E-state index contributed by atoms with van der Waals surface area (Å²) in [5, 5.41) is 6.05. The van der Waals surface area contributed by atoms with E-state index in [9.17, 15) is 4.79 Å². The summed E-state index contributed by atoms with van der Waals surface area (Å²) >= 11 is 0. The number of likely N-dealkylation sites (N-methyl/N-ethyl adjacent to an activating group) is 1. The Bertz CT molecular complexity index is 216. The maximum Gasteiger partial charge on any atom is 0.223 e. The van der Waals surface area contributed by atoms with Crippen LogP contribution >= 0.6 is 12.4 Å². The summed E-state index contributed by atoms with van der Waals surface area (Å²) in [7, 11) is 1.91. The van der Waals surface area contributed by atoms with E-state index in [-0.39, 0.29) is 24.2 Å². The van der Waals surface area contributed by atoms with Crippen LogP contribution in [0.5, 0.6) is 0 Å². The summed E-state index contributed by atoms with van der Waals surface area (Å²) in [6, 6.07) is 0. The molecule has 108 valence electrons. The number of carbonyl (C=O) groups excluding carboxylic acids is 1. The van der Waals surface area contributed by atoms with Crippen molar-refractivity contribution in [1.82, 2.24) is 10.6 Å². The molecular weight excluding hydrogens is 248 g/mol. The van der Waals surface area contributed by atoms with Crippen LogP contribution < -0.4 is 10.6 Å². The fraction of sp³-hybridized carbons (Fsp3) is 0.929. The first-order valence-corrected chi connectivity index (χ1v) is 7.20. The van der Waals surface area contributed by atoms with Crippen LogP contribution in [0.1, 0.15) is 51.9 Å². The maximum atomic E-state index is 11.9. The van der Waals surface area contributed by atoms with Crippen molar-refractivity contribution in [1.29, 1.82) is 0 Å². The zero-order valence-electron chi connectivity index (χ0n) is 11.8. The molecule has 0 radical (unpaired) electrons. The normalized spacial score (nSPS) is 23.2. The molecule has 0 saturated heterocycles. The average molecular weight is 277 g/mol. The van der Waals surface area contributed by atoms with Crippen molar-refractivity contribution >= 4 is 18.3 Å². The Kier molecular flexibility index (Phi) is 10.5. The van der Waals surface area contributed by atoms with Gasteiger partial charge in [0.25, 0.3) is 0 Å². The van der Waals surface area contributed by atoms with Gasteiger partial charge in [0.1, 0.15) is 0 Å². The minimum absolute atomic E-state index is 0. The lowest BCUT2D eigenvalue weighted by molar-refractivity contribution is -0.126. The van der Waals surface area contributed by atoms with Gasteiger partial charge in [-0.2, -0.15) is 0 Å². The van der Waals surface area contributed by atoms with Crippen LogP contribution in [-0.2, 0) is 4.79 Å². The summed E-state index contributed by atoms with van der Waals surface area (Å²) in [5.74, 6) is 1.44. The van der Waals surface area contributed by atoms with E-state index in [1.807, 2.05) is 7.05 Å². The number of carbonyl (C=O) groups is 1. The lowest BCUT2D eigenvalue weighted by Crippen LogP contribution is -2.36. The van der Waals surface area contributed by atoms with Crippen LogP contribution in [0.2, 0.25) is 0 Å². The van der Waals surface area contributed by atoms with Crippen LogP contribution in [0.3, 0.4) is 0 Å². The minimum atomic E-state index is 0. The molecule has 0 spiro atoms. The van der Waals surface area contributed by atoms with Crippen LogP contribution in [-0.4, -0.2) is 26.0 Å². The molecule has 1 aliphatic carbocycles. The Morgan fingerprint density at radius 2 is 1.83 bits per heavy atom. The van der Waals surface area contributed by atoms with Gasteiger partial charge in [0.15, 0.2) is 0 Å². The third-order valence-electron chi connectivity index (χ3n) is 3.86. The SMILES string of the molecule is CCCCC1CCC(C(=O)NCCNC)CC1.Cl. The quantitative estimate of drug-likeness (QED) is 0.702. The molecule has 0 aliphatic heterocycles. The van der Waals surface area contributed by atoms with Crippen molar-refractivity contribution in [2.45, 2.75) is 51.9 Å².